The van der Waals surface area contributed by atoms with Crippen molar-refractivity contribution in [3.05, 3.63) is 62.6 Å². The van der Waals surface area contributed by atoms with Gasteiger partial charge in [0.25, 0.3) is 0 Å². The molecular weight excluding hydrogens is 633 g/mol. The maximum atomic E-state index is 12.2. The molecule has 0 saturated carbocycles. The Balaban J connectivity index is 0.000000230. The van der Waals surface area contributed by atoms with E-state index >= 15 is 0 Å². The SMILES string of the molecule is COCCN1C(C(=O)CO)=CC(c2cccs2)=NS1(=O)=O.COCCN1C(c2cccs2)=CC(C(=O)CO)=NS1(=O)=O. The molecule has 2 aromatic rings. The van der Waals surface area contributed by atoms with Crippen molar-refractivity contribution in [1.82, 2.24) is 8.61 Å². The Morgan fingerprint density at radius 2 is 1.36 bits per heavy atom. The Morgan fingerprint density at radius 3 is 1.88 bits per heavy atom. The van der Waals surface area contributed by atoms with E-state index in [1.807, 2.05) is 0 Å². The number of aliphatic hydroxyl groups excluding tert-OH is 2. The van der Waals surface area contributed by atoms with Gasteiger partial charge in [0.1, 0.15) is 24.6 Å². The highest BCUT2D eigenvalue weighted by molar-refractivity contribution is 7.88. The average Bonchev–Trinajstić information content (AvgIpc) is 3.69. The summed E-state index contributed by atoms with van der Waals surface area (Å²) in [7, 11) is -5.16. The molecule has 42 heavy (non-hydrogen) atoms. The molecule has 0 amide bonds. The molecule has 2 aliphatic rings. The second kappa shape index (κ2) is 14.9. The van der Waals surface area contributed by atoms with Crippen molar-refractivity contribution < 1.29 is 46.1 Å². The standard InChI is InChI=1S/2C12H14N2O5S2/c1-19-5-4-14-10(11(16)8-15)7-9(13-21(14,17)18)12-3-2-6-20-12;1-19-5-4-14-10(12-3-2-6-20-12)7-9(11(16)8-15)13-21(14,17)18/h2*2-3,6-7,15H,4-5,8H2,1H3. The highest BCUT2D eigenvalue weighted by Crippen LogP contribution is 2.30. The largest absolute Gasteiger partial charge is 0.388 e. The van der Waals surface area contributed by atoms with E-state index in [0.717, 1.165) is 8.61 Å². The van der Waals surface area contributed by atoms with E-state index < -0.39 is 45.2 Å². The number of Topliss-reactive ketones (excluding diaryl/α,β-unsaturated/α-hetero) is 2. The van der Waals surface area contributed by atoms with Crippen LogP contribution in [0.2, 0.25) is 0 Å². The number of thiophene rings is 2. The number of methoxy groups -OCH3 is 2. The van der Waals surface area contributed by atoms with Crippen molar-refractivity contribution in [1.29, 1.82) is 0 Å². The van der Waals surface area contributed by atoms with Crippen LogP contribution in [-0.2, 0) is 39.5 Å². The first kappa shape index (κ1) is 33.4. The highest BCUT2D eigenvalue weighted by Gasteiger charge is 2.33. The number of carbonyl (C=O) groups excluding carboxylic acids is 2. The maximum absolute atomic E-state index is 12.2. The third-order valence-corrected chi connectivity index (χ3v) is 9.98. The summed E-state index contributed by atoms with van der Waals surface area (Å²) in [6.45, 7) is -1.21. The van der Waals surface area contributed by atoms with Gasteiger partial charge in [-0.3, -0.25) is 9.59 Å². The minimum atomic E-state index is -4.03. The van der Waals surface area contributed by atoms with Crippen LogP contribution < -0.4 is 0 Å². The first-order valence-electron chi connectivity index (χ1n) is 12.0. The molecule has 4 rings (SSSR count). The average molecular weight is 661 g/mol. The lowest BCUT2D eigenvalue weighted by molar-refractivity contribution is -0.119. The molecule has 2 N–H and O–H groups in total. The zero-order valence-corrected chi connectivity index (χ0v) is 25.7. The fraction of sp³-hybridized carbons (Fsp3) is 0.333. The van der Waals surface area contributed by atoms with Crippen LogP contribution in [0.5, 0.6) is 0 Å². The van der Waals surface area contributed by atoms with Crippen LogP contribution >= 0.6 is 22.7 Å². The zero-order chi connectivity index (χ0) is 30.9. The summed E-state index contributed by atoms with van der Waals surface area (Å²) in [5.74, 6) is -1.42. The topological polar surface area (TPSA) is 193 Å². The lowest BCUT2D eigenvalue weighted by Crippen LogP contribution is -2.39. The first-order valence-corrected chi connectivity index (χ1v) is 16.6. The Labute approximate surface area is 250 Å². The molecule has 4 heterocycles. The van der Waals surface area contributed by atoms with Crippen LogP contribution in [0.25, 0.3) is 5.70 Å². The predicted molar refractivity (Wildman–Crippen MR) is 158 cm³/mol. The second-order valence-corrected chi connectivity index (χ2v) is 13.1. The van der Waals surface area contributed by atoms with E-state index in [1.54, 1.807) is 35.0 Å². The number of nitrogens with zero attached hydrogens (tertiary/aromatic N) is 4. The molecule has 2 aliphatic heterocycles. The van der Waals surface area contributed by atoms with Crippen molar-refractivity contribution in [2.45, 2.75) is 0 Å². The van der Waals surface area contributed by atoms with E-state index in [4.69, 9.17) is 19.7 Å². The molecule has 18 heteroatoms. The molecule has 0 bridgehead atoms. The van der Waals surface area contributed by atoms with Crippen LogP contribution in [-0.4, -0.2) is 112 Å². The number of carbonyl (C=O) groups is 2. The van der Waals surface area contributed by atoms with Gasteiger partial charge in [-0.1, -0.05) is 12.1 Å². The van der Waals surface area contributed by atoms with Crippen LogP contribution in [0.4, 0.5) is 0 Å². The number of hydrogen-bond donors (Lipinski definition) is 2. The zero-order valence-electron chi connectivity index (χ0n) is 22.4. The fourth-order valence-electron chi connectivity index (χ4n) is 3.54. The molecule has 0 radical (unpaired) electrons. The minimum absolute atomic E-state index is 0.0440. The van der Waals surface area contributed by atoms with Gasteiger partial charge in [0.15, 0.2) is 0 Å². The number of rotatable bonds is 12. The summed E-state index contributed by atoms with van der Waals surface area (Å²) in [4.78, 5) is 24.7. The molecule has 0 saturated heterocycles. The Bertz CT molecular complexity index is 1590. The molecule has 228 valence electrons. The lowest BCUT2D eigenvalue weighted by atomic mass is 10.2. The minimum Gasteiger partial charge on any atom is -0.388 e. The lowest BCUT2D eigenvalue weighted by Gasteiger charge is -2.26. The van der Waals surface area contributed by atoms with Crippen LogP contribution in [0, 0.1) is 0 Å². The molecular formula is C24H28N4O10S4. The Morgan fingerprint density at radius 1 is 0.810 bits per heavy atom. The van der Waals surface area contributed by atoms with Crippen molar-refractivity contribution in [2.24, 2.45) is 8.80 Å². The van der Waals surface area contributed by atoms with Gasteiger partial charge >= 0.3 is 20.4 Å². The summed E-state index contributed by atoms with van der Waals surface area (Å²) in [5.41, 5.74) is 0.173. The Kier molecular flexibility index (Phi) is 11.8. The van der Waals surface area contributed by atoms with E-state index in [0.29, 0.717) is 15.5 Å². The van der Waals surface area contributed by atoms with Crippen LogP contribution in [0.15, 0.2) is 61.7 Å². The van der Waals surface area contributed by atoms with Crippen LogP contribution in [0.3, 0.4) is 0 Å². The molecule has 0 spiro atoms. The van der Waals surface area contributed by atoms with E-state index in [2.05, 4.69) is 8.80 Å². The van der Waals surface area contributed by atoms with Gasteiger partial charge in [0.2, 0.25) is 11.6 Å². The monoisotopic (exact) mass is 660 g/mol. The summed E-state index contributed by atoms with van der Waals surface area (Å²) >= 11 is 2.66. The number of hydrogen-bond acceptors (Lipinski definition) is 12. The van der Waals surface area contributed by atoms with Gasteiger partial charge in [-0.15, -0.1) is 31.5 Å². The summed E-state index contributed by atoms with van der Waals surface area (Å²) in [5, 5.41) is 21.5. The number of allylic oxidation sites excluding steroid dienone is 2. The van der Waals surface area contributed by atoms with Gasteiger partial charge in [-0.2, -0.15) is 16.8 Å². The van der Waals surface area contributed by atoms with E-state index in [-0.39, 0.29) is 43.4 Å². The van der Waals surface area contributed by atoms with E-state index in [9.17, 15) is 26.4 Å². The van der Waals surface area contributed by atoms with Gasteiger partial charge < -0.3 is 19.7 Å². The van der Waals surface area contributed by atoms with Gasteiger partial charge in [-0.25, -0.2) is 8.61 Å². The molecule has 0 aromatic carbocycles. The molecule has 14 nitrogen and oxygen atoms in total. The molecule has 0 atom stereocenters. The normalized spacial score (nSPS) is 17.3. The van der Waals surface area contributed by atoms with Crippen molar-refractivity contribution in [3.8, 4) is 0 Å². The third kappa shape index (κ3) is 8.04. The quantitative estimate of drug-likeness (QED) is 0.324. The highest BCUT2D eigenvalue weighted by atomic mass is 32.2. The number of ketones is 2. The summed E-state index contributed by atoms with van der Waals surface area (Å²) in [6, 6.07) is 6.99. The molecule has 0 fully saturated rings. The second-order valence-electron chi connectivity index (χ2n) is 8.21. The van der Waals surface area contributed by atoms with E-state index in [1.165, 1.54) is 49.0 Å². The molecule has 0 aliphatic carbocycles. The van der Waals surface area contributed by atoms with Crippen LogP contribution in [0.1, 0.15) is 9.75 Å². The maximum Gasteiger partial charge on any atom is 0.345 e. The first-order chi connectivity index (χ1) is 20.0. The Hall–Kier alpha value is -3.10. The van der Waals surface area contributed by atoms with Crippen molar-refractivity contribution in [3.63, 3.8) is 0 Å². The predicted octanol–water partition coefficient (Wildman–Crippen LogP) is 0.487. The van der Waals surface area contributed by atoms with Gasteiger partial charge in [0, 0.05) is 14.2 Å². The van der Waals surface area contributed by atoms with Gasteiger partial charge in [0.05, 0.1) is 47.5 Å². The summed E-state index contributed by atoms with van der Waals surface area (Å²) < 4.78 is 67.8. The number of aliphatic hydroxyl groups is 2. The summed E-state index contributed by atoms with van der Waals surface area (Å²) in [6.07, 6.45) is 2.75. The fourth-order valence-corrected chi connectivity index (χ4v) is 7.51. The van der Waals surface area contributed by atoms with Crippen molar-refractivity contribution >= 4 is 71.8 Å². The number of ether oxygens (including phenoxy) is 2. The third-order valence-electron chi connectivity index (χ3n) is 5.47. The van der Waals surface area contributed by atoms with Gasteiger partial charge in [-0.05, 0) is 35.0 Å². The smallest absolute Gasteiger partial charge is 0.345 e. The van der Waals surface area contributed by atoms with Crippen molar-refractivity contribution in [2.75, 3.05) is 53.7 Å². The molecule has 0 unspecified atom stereocenters. The molecule has 2 aromatic heterocycles.